The van der Waals surface area contributed by atoms with Crippen molar-refractivity contribution in [2.75, 3.05) is 0 Å². The van der Waals surface area contributed by atoms with Crippen molar-refractivity contribution in [1.29, 1.82) is 0 Å². The van der Waals surface area contributed by atoms with Crippen molar-refractivity contribution in [1.82, 2.24) is 0 Å². The molecule has 4 N–H and O–H groups in total. The van der Waals surface area contributed by atoms with Gasteiger partial charge in [-0.3, -0.25) is 9.59 Å². The van der Waals surface area contributed by atoms with Crippen molar-refractivity contribution in [3.05, 3.63) is 39.4 Å². The molecule has 2 atom stereocenters. The normalized spacial score (nSPS) is 22.7. The lowest BCUT2D eigenvalue weighted by atomic mass is 9.71. The highest BCUT2D eigenvalue weighted by molar-refractivity contribution is 9.10. The maximum atomic E-state index is 11.7. The predicted octanol–water partition coefficient (Wildman–Crippen LogP) is 1.77. The number of carboxylic acids is 4. The van der Waals surface area contributed by atoms with Crippen LogP contribution in [0, 0.1) is 0 Å². The van der Waals surface area contributed by atoms with Gasteiger partial charge in [0.1, 0.15) is 5.92 Å². The van der Waals surface area contributed by atoms with Crippen LogP contribution in [0.2, 0.25) is 0 Å². The number of carbonyl (C=O) groups is 4. The van der Waals surface area contributed by atoms with E-state index in [0.717, 1.165) is 0 Å². The molecule has 1 aromatic rings. The van der Waals surface area contributed by atoms with Gasteiger partial charge in [0.2, 0.25) is 0 Å². The average Bonchev–Trinajstić information content (AvgIpc) is 2.44. The van der Waals surface area contributed by atoms with E-state index in [1.54, 1.807) is 0 Å². The lowest BCUT2D eigenvalue weighted by Crippen LogP contribution is -2.49. The third kappa shape index (κ3) is 2.51. The van der Waals surface area contributed by atoms with Crippen LogP contribution < -0.4 is 0 Å². The van der Waals surface area contributed by atoms with Gasteiger partial charge in [0.25, 0.3) is 0 Å². The lowest BCUT2D eigenvalue weighted by molar-refractivity contribution is -0.148. The first-order valence-corrected chi connectivity index (χ1v) is 7.78. The fourth-order valence-corrected chi connectivity index (χ4v) is 3.86. The van der Waals surface area contributed by atoms with Crippen molar-refractivity contribution in [2.45, 2.75) is 10.2 Å². The highest BCUT2D eigenvalue weighted by Crippen LogP contribution is 2.51. The van der Waals surface area contributed by atoms with Gasteiger partial charge in [-0.1, -0.05) is 37.9 Å². The van der Waals surface area contributed by atoms with Crippen LogP contribution in [0.15, 0.2) is 28.2 Å². The number of hydrogen-bond acceptors (Lipinski definition) is 4. The average molecular weight is 464 g/mol. The number of hydrogen-bond donors (Lipinski definition) is 4. The molecule has 0 bridgehead atoms. The highest BCUT2D eigenvalue weighted by Gasteiger charge is 2.59. The minimum atomic E-state index is -2.64. The molecule has 0 aromatic heterocycles. The molecule has 24 heavy (non-hydrogen) atoms. The Balaban J connectivity index is 3.08. The Kier molecular flexibility index (Phi) is 4.55. The van der Waals surface area contributed by atoms with E-state index in [-0.39, 0.29) is 11.1 Å². The maximum Gasteiger partial charge on any atom is 0.336 e. The fraction of sp³-hybridized carbons (Fsp3) is 0.143. The summed E-state index contributed by atoms with van der Waals surface area (Å²) in [6, 6.07) is 3.90. The summed E-state index contributed by atoms with van der Waals surface area (Å²) < 4.78 is -2.26. The second-order valence-corrected chi connectivity index (χ2v) is 7.05. The minimum absolute atomic E-state index is 0.118. The Hall–Kier alpha value is -2.20. The summed E-state index contributed by atoms with van der Waals surface area (Å²) in [6.45, 7) is 0. The van der Waals surface area contributed by atoms with Crippen molar-refractivity contribution < 1.29 is 39.6 Å². The van der Waals surface area contributed by atoms with Gasteiger partial charge in [0.05, 0.1) is 11.1 Å². The molecule has 2 rings (SSSR count). The van der Waals surface area contributed by atoms with Crippen LogP contribution in [0.3, 0.4) is 0 Å². The maximum absolute atomic E-state index is 11.7. The van der Waals surface area contributed by atoms with Crippen LogP contribution in [-0.4, -0.2) is 48.6 Å². The number of aliphatic carboxylic acids is 4. The number of benzene rings is 1. The van der Waals surface area contributed by atoms with Gasteiger partial charge in [-0.05, 0) is 23.3 Å². The summed E-state index contributed by atoms with van der Waals surface area (Å²) in [5.74, 6) is -8.79. The van der Waals surface area contributed by atoms with Gasteiger partial charge in [-0.25, -0.2) is 9.59 Å². The van der Waals surface area contributed by atoms with Crippen LogP contribution in [0.5, 0.6) is 0 Å². The first-order valence-electron chi connectivity index (χ1n) is 6.19. The van der Waals surface area contributed by atoms with Crippen LogP contribution in [0.25, 0.3) is 5.57 Å². The van der Waals surface area contributed by atoms with Gasteiger partial charge >= 0.3 is 23.9 Å². The van der Waals surface area contributed by atoms with E-state index in [2.05, 4.69) is 31.9 Å². The number of halogens is 2. The zero-order valence-corrected chi connectivity index (χ0v) is 14.7. The topological polar surface area (TPSA) is 149 Å². The van der Waals surface area contributed by atoms with Crippen molar-refractivity contribution in [2.24, 2.45) is 0 Å². The van der Waals surface area contributed by atoms with Crippen LogP contribution >= 0.6 is 31.9 Å². The summed E-state index contributed by atoms with van der Waals surface area (Å²) in [6.07, 6.45) is 0. The number of alkyl halides is 1. The van der Waals surface area contributed by atoms with Crippen molar-refractivity contribution >= 4 is 61.3 Å². The largest absolute Gasteiger partial charge is 0.481 e. The van der Waals surface area contributed by atoms with Crippen molar-refractivity contribution in [3.63, 3.8) is 0 Å². The van der Waals surface area contributed by atoms with E-state index >= 15 is 0 Å². The van der Waals surface area contributed by atoms with E-state index in [1.165, 1.54) is 18.2 Å². The first kappa shape index (κ1) is 18.1. The number of rotatable bonds is 4. The second kappa shape index (κ2) is 6.02. The Morgan fingerprint density at radius 3 is 2.00 bits per heavy atom. The van der Waals surface area contributed by atoms with E-state index in [1.807, 2.05) is 0 Å². The molecule has 1 aromatic carbocycles. The molecule has 0 amide bonds. The Bertz CT molecular complexity index is 828. The van der Waals surface area contributed by atoms with Crippen LogP contribution in [0.4, 0.5) is 0 Å². The molecular formula is C14H8Br2O8. The predicted molar refractivity (Wildman–Crippen MR) is 86.0 cm³/mol. The molecule has 126 valence electrons. The van der Waals surface area contributed by atoms with Gasteiger partial charge in [0.15, 0.2) is 4.32 Å². The third-order valence-electron chi connectivity index (χ3n) is 3.59. The highest BCUT2D eigenvalue weighted by atomic mass is 79.9. The molecule has 0 heterocycles. The number of carboxylic acid groups (broad SMARTS) is 4. The molecule has 1 aliphatic rings. The van der Waals surface area contributed by atoms with Crippen LogP contribution in [-0.2, 0) is 19.2 Å². The smallest absolute Gasteiger partial charge is 0.336 e. The quantitative estimate of drug-likeness (QED) is 0.493. The minimum Gasteiger partial charge on any atom is -0.481 e. The molecule has 0 aliphatic heterocycles. The molecule has 10 heteroatoms. The molecule has 2 unspecified atom stereocenters. The Labute approximate surface area is 150 Å². The molecule has 1 aliphatic carbocycles. The molecule has 8 nitrogen and oxygen atoms in total. The van der Waals surface area contributed by atoms with Gasteiger partial charge < -0.3 is 20.4 Å². The van der Waals surface area contributed by atoms with Crippen LogP contribution in [0.1, 0.15) is 17.0 Å². The first-order chi connectivity index (χ1) is 11.0. The Morgan fingerprint density at radius 1 is 1.00 bits per heavy atom. The van der Waals surface area contributed by atoms with E-state index in [9.17, 15) is 39.6 Å². The molecule has 0 spiro atoms. The van der Waals surface area contributed by atoms with E-state index in [4.69, 9.17) is 0 Å². The van der Waals surface area contributed by atoms with Gasteiger partial charge in [-0.15, -0.1) is 0 Å². The fourth-order valence-electron chi connectivity index (χ4n) is 2.69. The third-order valence-corrected chi connectivity index (χ3v) is 5.28. The van der Waals surface area contributed by atoms with Gasteiger partial charge in [-0.2, -0.15) is 0 Å². The summed E-state index contributed by atoms with van der Waals surface area (Å²) >= 11 is 5.80. The monoisotopic (exact) mass is 462 g/mol. The summed E-state index contributed by atoms with van der Waals surface area (Å²) in [5, 5.41) is 37.9. The zero-order chi connectivity index (χ0) is 18.4. The molecule has 0 fully saturated rings. The summed E-state index contributed by atoms with van der Waals surface area (Å²) in [5.41, 5.74) is -2.12. The molecule has 0 saturated carbocycles. The second-order valence-electron chi connectivity index (χ2n) is 4.88. The SMILES string of the molecule is O=C(O)C1=C(C(=O)O)C(Br)(C(=O)O)C(C(=O)O)c2ccc(Br)cc21. The van der Waals surface area contributed by atoms with E-state index in [0.29, 0.717) is 4.47 Å². The van der Waals surface area contributed by atoms with E-state index < -0.39 is 45.3 Å². The summed E-state index contributed by atoms with van der Waals surface area (Å²) in [7, 11) is 0. The zero-order valence-electron chi connectivity index (χ0n) is 11.5. The molecule has 0 radical (unpaired) electrons. The molecular weight excluding hydrogens is 456 g/mol. The van der Waals surface area contributed by atoms with Gasteiger partial charge in [0, 0.05) is 4.47 Å². The summed E-state index contributed by atoms with van der Waals surface area (Å²) in [4.78, 5) is 46.7. The lowest BCUT2D eigenvalue weighted by Gasteiger charge is -2.36. The molecule has 0 saturated heterocycles. The van der Waals surface area contributed by atoms with Crippen molar-refractivity contribution in [3.8, 4) is 0 Å². The standard InChI is InChI=1S/C14H8Br2O8/c15-4-1-2-5-6(3-4)7(10(17)18)9(12(21)22)14(16,13(23)24)8(5)11(19)20/h1-3,8H,(H,17,18)(H,19,20)(H,21,22)(H,23,24). The Morgan fingerprint density at radius 2 is 1.58 bits per heavy atom. The number of fused-ring (bicyclic) bond motifs is 1.